The molecular weight excluding hydrogens is 312 g/mol. The molecule has 1 saturated carbocycles. The number of thiocarbonyl (C=S) groups is 1. The number of benzene rings is 1. The second kappa shape index (κ2) is 6.78. The number of rotatable bonds is 4. The van der Waals surface area contributed by atoms with E-state index < -0.39 is 0 Å². The SMILES string of the molecule is C/C(=N\NC(=S)Nc1ncc(C2CCC2)o1)c1ccc(O)cc1. The third-order valence-electron chi connectivity index (χ3n) is 3.86. The Hall–Kier alpha value is -2.41. The summed E-state index contributed by atoms with van der Waals surface area (Å²) in [5, 5.41) is 16.7. The van der Waals surface area contributed by atoms with Crippen molar-refractivity contribution in [2.75, 3.05) is 5.32 Å². The van der Waals surface area contributed by atoms with Crippen molar-refractivity contribution >= 4 is 29.1 Å². The molecule has 0 aliphatic heterocycles. The first-order valence-corrected chi connectivity index (χ1v) is 7.89. The highest BCUT2D eigenvalue weighted by molar-refractivity contribution is 7.80. The number of anilines is 1. The molecule has 0 spiro atoms. The molecule has 3 N–H and O–H groups in total. The largest absolute Gasteiger partial charge is 0.508 e. The first kappa shape index (κ1) is 15.5. The maximum absolute atomic E-state index is 9.28. The van der Waals surface area contributed by atoms with Crippen molar-refractivity contribution in [3.63, 3.8) is 0 Å². The van der Waals surface area contributed by atoms with E-state index in [1.54, 1.807) is 30.5 Å². The van der Waals surface area contributed by atoms with Crippen molar-refractivity contribution in [2.45, 2.75) is 32.1 Å². The van der Waals surface area contributed by atoms with Gasteiger partial charge in [-0.3, -0.25) is 10.7 Å². The quantitative estimate of drug-likeness (QED) is 0.453. The highest BCUT2D eigenvalue weighted by Crippen LogP contribution is 2.37. The molecule has 0 bridgehead atoms. The highest BCUT2D eigenvalue weighted by Gasteiger charge is 2.23. The van der Waals surface area contributed by atoms with E-state index in [-0.39, 0.29) is 5.75 Å². The van der Waals surface area contributed by atoms with E-state index in [4.69, 9.17) is 16.6 Å². The fraction of sp³-hybridized carbons (Fsp3) is 0.312. The van der Waals surface area contributed by atoms with Gasteiger partial charge >= 0.3 is 6.01 Å². The van der Waals surface area contributed by atoms with Crippen LogP contribution >= 0.6 is 12.2 Å². The summed E-state index contributed by atoms with van der Waals surface area (Å²) in [5.41, 5.74) is 4.39. The minimum Gasteiger partial charge on any atom is -0.508 e. The predicted molar refractivity (Wildman–Crippen MR) is 92.8 cm³/mol. The van der Waals surface area contributed by atoms with Gasteiger partial charge in [0.1, 0.15) is 11.5 Å². The zero-order valence-corrected chi connectivity index (χ0v) is 13.6. The Morgan fingerprint density at radius 3 is 2.74 bits per heavy atom. The fourth-order valence-electron chi connectivity index (χ4n) is 2.25. The number of nitrogens with zero attached hydrogens (tertiary/aromatic N) is 2. The molecule has 1 heterocycles. The number of phenols is 1. The Bertz CT molecular complexity index is 720. The van der Waals surface area contributed by atoms with Crippen LogP contribution in [0.25, 0.3) is 0 Å². The van der Waals surface area contributed by atoms with Crippen LogP contribution in [0.3, 0.4) is 0 Å². The topological polar surface area (TPSA) is 82.7 Å². The van der Waals surface area contributed by atoms with Gasteiger partial charge in [0.05, 0.1) is 11.9 Å². The molecule has 23 heavy (non-hydrogen) atoms. The molecule has 1 aromatic carbocycles. The summed E-state index contributed by atoms with van der Waals surface area (Å²) in [4.78, 5) is 4.17. The number of aromatic nitrogens is 1. The molecule has 0 saturated heterocycles. The minimum absolute atomic E-state index is 0.220. The Balaban J connectivity index is 1.55. The number of hydrogen-bond donors (Lipinski definition) is 3. The number of phenolic OH excluding ortho intramolecular Hbond substituents is 1. The van der Waals surface area contributed by atoms with Gasteiger partial charge in [0.25, 0.3) is 0 Å². The Kier molecular flexibility index (Phi) is 4.57. The second-order valence-electron chi connectivity index (χ2n) is 5.51. The van der Waals surface area contributed by atoms with Gasteiger partial charge in [-0.1, -0.05) is 6.42 Å². The first-order chi connectivity index (χ1) is 11.1. The van der Waals surface area contributed by atoms with E-state index in [1.807, 2.05) is 6.92 Å². The zero-order valence-electron chi connectivity index (χ0n) is 12.7. The van der Waals surface area contributed by atoms with Crippen LogP contribution in [-0.2, 0) is 0 Å². The van der Waals surface area contributed by atoms with Crippen LogP contribution in [0.4, 0.5) is 6.01 Å². The summed E-state index contributed by atoms with van der Waals surface area (Å²) in [6, 6.07) is 7.16. The van der Waals surface area contributed by atoms with Crippen LogP contribution in [0.2, 0.25) is 0 Å². The van der Waals surface area contributed by atoms with E-state index >= 15 is 0 Å². The molecule has 6 nitrogen and oxygen atoms in total. The van der Waals surface area contributed by atoms with Gasteiger partial charge in [-0.15, -0.1) is 0 Å². The summed E-state index contributed by atoms with van der Waals surface area (Å²) < 4.78 is 5.64. The van der Waals surface area contributed by atoms with Crippen LogP contribution < -0.4 is 10.7 Å². The molecule has 3 rings (SSSR count). The zero-order chi connectivity index (χ0) is 16.2. The van der Waals surface area contributed by atoms with Crippen LogP contribution in [-0.4, -0.2) is 20.9 Å². The number of nitrogens with one attached hydrogen (secondary N) is 2. The van der Waals surface area contributed by atoms with Crippen LogP contribution in [0, 0.1) is 0 Å². The summed E-state index contributed by atoms with van der Waals surface area (Å²) in [6.45, 7) is 1.85. The van der Waals surface area contributed by atoms with Gasteiger partial charge in [0, 0.05) is 5.92 Å². The normalized spacial score (nSPS) is 15.1. The molecule has 2 aromatic rings. The van der Waals surface area contributed by atoms with Crippen molar-refractivity contribution in [1.29, 1.82) is 0 Å². The molecule has 1 fully saturated rings. The predicted octanol–water partition coefficient (Wildman–Crippen LogP) is 3.36. The summed E-state index contributed by atoms with van der Waals surface area (Å²) in [6.07, 6.45) is 5.32. The lowest BCUT2D eigenvalue weighted by atomic mass is 9.84. The fourth-order valence-corrected chi connectivity index (χ4v) is 2.39. The molecule has 120 valence electrons. The van der Waals surface area contributed by atoms with Crippen molar-refractivity contribution in [3.8, 4) is 5.75 Å². The average molecular weight is 330 g/mol. The summed E-state index contributed by atoms with van der Waals surface area (Å²) in [5.74, 6) is 1.62. The minimum atomic E-state index is 0.220. The maximum atomic E-state index is 9.28. The third-order valence-corrected chi connectivity index (χ3v) is 4.06. The number of oxazole rings is 1. The molecule has 1 aliphatic carbocycles. The van der Waals surface area contributed by atoms with E-state index in [2.05, 4.69) is 20.8 Å². The molecule has 0 unspecified atom stereocenters. The Labute approximate surface area is 139 Å². The van der Waals surface area contributed by atoms with E-state index in [0.29, 0.717) is 17.0 Å². The molecule has 0 amide bonds. The third kappa shape index (κ3) is 3.87. The second-order valence-corrected chi connectivity index (χ2v) is 5.91. The van der Waals surface area contributed by atoms with Gasteiger partial charge in [-0.25, -0.2) is 4.98 Å². The average Bonchev–Trinajstić information content (AvgIpc) is 2.91. The maximum Gasteiger partial charge on any atom is 0.301 e. The highest BCUT2D eigenvalue weighted by atomic mass is 32.1. The summed E-state index contributed by atoms with van der Waals surface area (Å²) in [7, 11) is 0. The Morgan fingerprint density at radius 1 is 1.35 bits per heavy atom. The number of hydrogen-bond acceptors (Lipinski definition) is 5. The van der Waals surface area contributed by atoms with Crippen molar-refractivity contribution in [2.24, 2.45) is 5.10 Å². The van der Waals surface area contributed by atoms with E-state index in [9.17, 15) is 5.11 Å². The van der Waals surface area contributed by atoms with Crippen LogP contribution in [0.5, 0.6) is 5.75 Å². The first-order valence-electron chi connectivity index (χ1n) is 7.48. The monoisotopic (exact) mass is 330 g/mol. The van der Waals surface area contributed by atoms with Gasteiger partial charge in [0.2, 0.25) is 0 Å². The van der Waals surface area contributed by atoms with Crippen LogP contribution in [0.15, 0.2) is 40.0 Å². The molecular formula is C16H18N4O2S. The summed E-state index contributed by atoms with van der Waals surface area (Å²) >= 11 is 5.17. The van der Waals surface area contributed by atoms with Crippen molar-refractivity contribution < 1.29 is 9.52 Å². The van der Waals surface area contributed by atoms with Crippen molar-refractivity contribution in [3.05, 3.63) is 41.8 Å². The van der Waals surface area contributed by atoms with Gasteiger partial charge in [-0.2, -0.15) is 5.10 Å². The Morgan fingerprint density at radius 2 is 2.09 bits per heavy atom. The number of hydrazone groups is 1. The van der Waals surface area contributed by atoms with E-state index in [0.717, 1.165) is 29.9 Å². The number of aromatic hydroxyl groups is 1. The molecule has 7 heteroatoms. The van der Waals surface area contributed by atoms with Crippen LogP contribution in [0.1, 0.15) is 43.4 Å². The molecule has 0 atom stereocenters. The van der Waals surface area contributed by atoms with Gasteiger partial charge in [0.15, 0.2) is 5.11 Å². The molecule has 1 aromatic heterocycles. The molecule has 1 aliphatic rings. The van der Waals surface area contributed by atoms with E-state index in [1.165, 1.54) is 6.42 Å². The molecule has 0 radical (unpaired) electrons. The lowest BCUT2D eigenvalue weighted by Crippen LogP contribution is -2.25. The lowest BCUT2D eigenvalue weighted by Gasteiger charge is -2.22. The van der Waals surface area contributed by atoms with Crippen molar-refractivity contribution in [1.82, 2.24) is 10.4 Å². The smallest absolute Gasteiger partial charge is 0.301 e. The van der Waals surface area contributed by atoms with Gasteiger partial charge in [-0.05, 0) is 61.8 Å². The lowest BCUT2D eigenvalue weighted by molar-refractivity contribution is 0.351. The van der Waals surface area contributed by atoms with Gasteiger partial charge < -0.3 is 9.52 Å². The standard InChI is InChI=1S/C16H18N4O2S/c1-10(11-5-7-13(21)8-6-11)19-20-16(23)18-15-17-9-14(22-15)12-3-2-4-12/h5-9,12,21H,2-4H2,1H3,(H2,17,18,20,23)/b19-10+.